The molecule has 0 fully saturated rings. The molecule has 2 aromatic rings. The molecule has 4 heteroatoms. The molecule has 112 valence electrons. The minimum atomic E-state index is -0.434. The molecule has 0 aliphatic carbocycles. The largest absolute Gasteiger partial charge is 0.367 e. The molecule has 0 aliphatic heterocycles. The summed E-state index contributed by atoms with van der Waals surface area (Å²) < 4.78 is 28.0. The Morgan fingerprint density at radius 1 is 0.952 bits per heavy atom. The molecule has 2 N–H and O–H groups in total. The normalized spacial score (nSPS) is 13.8. The molecule has 2 atom stereocenters. The zero-order valence-electron chi connectivity index (χ0n) is 12.5. The van der Waals surface area contributed by atoms with E-state index >= 15 is 0 Å². The van der Waals surface area contributed by atoms with Crippen molar-refractivity contribution in [1.82, 2.24) is 0 Å². The van der Waals surface area contributed by atoms with E-state index in [-0.39, 0.29) is 17.7 Å². The smallest absolute Gasteiger partial charge is 0.130 e. The van der Waals surface area contributed by atoms with Crippen LogP contribution in [0.5, 0.6) is 0 Å². The van der Waals surface area contributed by atoms with Crippen LogP contribution in [0, 0.1) is 11.6 Å². The lowest BCUT2D eigenvalue weighted by Crippen LogP contribution is -2.25. The van der Waals surface area contributed by atoms with Gasteiger partial charge in [-0.05, 0) is 32.0 Å². The summed E-state index contributed by atoms with van der Waals surface area (Å²) in [6.07, 6.45) is 0. The second kappa shape index (κ2) is 6.22. The Labute approximate surface area is 124 Å². The second-order valence-electron chi connectivity index (χ2n) is 5.27. The summed E-state index contributed by atoms with van der Waals surface area (Å²) in [5.74, 6) is -0.606. The van der Waals surface area contributed by atoms with E-state index in [0.29, 0.717) is 16.8 Å². The van der Waals surface area contributed by atoms with Gasteiger partial charge in [-0.1, -0.05) is 24.3 Å². The minimum absolute atomic E-state index is 0.231. The van der Waals surface area contributed by atoms with Gasteiger partial charge in [-0.2, -0.15) is 0 Å². The van der Waals surface area contributed by atoms with Crippen LogP contribution >= 0.6 is 0 Å². The highest BCUT2D eigenvalue weighted by atomic mass is 19.1. The molecule has 0 amide bonds. The lowest BCUT2D eigenvalue weighted by atomic mass is 10.0. The monoisotopic (exact) mass is 290 g/mol. The maximum atomic E-state index is 14.0. The third-order valence-corrected chi connectivity index (χ3v) is 3.80. The Morgan fingerprint density at radius 2 is 1.57 bits per heavy atom. The summed E-state index contributed by atoms with van der Waals surface area (Å²) in [4.78, 5) is 1.85. The third-order valence-electron chi connectivity index (χ3n) is 3.80. The minimum Gasteiger partial charge on any atom is -0.367 e. The molecule has 2 nitrogen and oxygen atoms in total. The fourth-order valence-electron chi connectivity index (χ4n) is 2.52. The van der Waals surface area contributed by atoms with Crippen molar-refractivity contribution in [2.45, 2.75) is 25.9 Å². The lowest BCUT2D eigenvalue weighted by Gasteiger charge is -2.30. The maximum absolute atomic E-state index is 14.0. The summed E-state index contributed by atoms with van der Waals surface area (Å²) in [7, 11) is 1.82. The third kappa shape index (κ3) is 3.05. The van der Waals surface area contributed by atoms with Crippen LogP contribution in [0.1, 0.15) is 37.1 Å². The van der Waals surface area contributed by atoms with Gasteiger partial charge in [0.15, 0.2) is 0 Å². The number of halogens is 2. The average molecular weight is 290 g/mol. The van der Waals surface area contributed by atoms with Crippen molar-refractivity contribution in [3.05, 3.63) is 65.2 Å². The Morgan fingerprint density at radius 3 is 2.19 bits per heavy atom. The molecule has 0 bridgehead atoms. The van der Waals surface area contributed by atoms with E-state index in [4.69, 9.17) is 5.73 Å². The SMILES string of the molecule is CC(c1ccccc1F)N(C)c1cccc(F)c1[C@H](C)N. The van der Waals surface area contributed by atoms with Crippen molar-refractivity contribution in [2.75, 3.05) is 11.9 Å². The quantitative estimate of drug-likeness (QED) is 0.915. The average Bonchev–Trinajstić information content (AvgIpc) is 2.45. The fourth-order valence-corrected chi connectivity index (χ4v) is 2.52. The van der Waals surface area contributed by atoms with Crippen LogP contribution in [0.2, 0.25) is 0 Å². The molecule has 0 aromatic heterocycles. The van der Waals surface area contributed by atoms with Gasteiger partial charge in [0.1, 0.15) is 11.6 Å². The summed E-state index contributed by atoms with van der Waals surface area (Å²) in [6.45, 7) is 3.62. The highest BCUT2D eigenvalue weighted by Crippen LogP contribution is 2.33. The van der Waals surface area contributed by atoms with Crippen molar-refractivity contribution >= 4 is 5.69 Å². The van der Waals surface area contributed by atoms with E-state index in [0.717, 1.165) is 0 Å². The van der Waals surface area contributed by atoms with E-state index in [9.17, 15) is 8.78 Å². The predicted molar refractivity (Wildman–Crippen MR) is 82.2 cm³/mol. The van der Waals surface area contributed by atoms with Gasteiger partial charge in [-0.15, -0.1) is 0 Å². The molecule has 0 aliphatic rings. The number of anilines is 1. The van der Waals surface area contributed by atoms with Crippen LogP contribution in [0.25, 0.3) is 0 Å². The van der Waals surface area contributed by atoms with Crippen LogP contribution in [-0.2, 0) is 0 Å². The van der Waals surface area contributed by atoms with E-state index in [1.165, 1.54) is 12.1 Å². The highest BCUT2D eigenvalue weighted by Gasteiger charge is 2.21. The van der Waals surface area contributed by atoms with Gasteiger partial charge in [0.25, 0.3) is 0 Å². The number of rotatable bonds is 4. The fraction of sp³-hybridized carbons (Fsp3) is 0.294. The Kier molecular flexibility index (Phi) is 4.58. The summed E-state index contributed by atoms with van der Waals surface area (Å²) in [6, 6.07) is 10.8. The van der Waals surface area contributed by atoms with E-state index in [2.05, 4.69) is 0 Å². The molecule has 2 rings (SSSR count). The van der Waals surface area contributed by atoms with Crippen LogP contribution in [0.3, 0.4) is 0 Å². The molecule has 21 heavy (non-hydrogen) atoms. The van der Waals surface area contributed by atoms with Gasteiger partial charge in [0.2, 0.25) is 0 Å². The van der Waals surface area contributed by atoms with Crippen molar-refractivity contribution in [1.29, 1.82) is 0 Å². The van der Waals surface area contributed by atoms with Gasteiger partial charge < -0.3 is 10.6 Å². The first-order valence-corrected chi connectivity index (χ1v) is 6.94. The first-order chi connectivity index (χ1) is 9.93. The van der Waals surface area contributed by atoms with Crippen molar-refractivity contribution < 1.29 is 8.78 Å². The molecule has 2 aromatic carbocycles. The topological polar surface area (TPSA) is 29.3 Å². The number of nitrogens with zero attached hydrogens (tertiary/aromatic N) is 1. The summed E-state index contributed by atoms with van der Waals surface area (Å²) >= 11 is 0. The standard InChI is InChI=1S/C17H20F2N2/c1-11(20)17-15(19)9-6-10-16(17)21(3)12(2)13-7-4-5-8-14(13)18/h4-12H,20H2,1-3H3/t11-,12?/m0/s1. The van der Waals surface area contributed by atoms with Gasteiger partial charge in [-0.3, -0.25) is 0 Å². The summed E-state index contributed by atoms with van der Waals surface area (Å²) in [5, 5.41) is 0. The second-order valence-corrected chi connectivity index (χ2v) is 5.27. The lowest BCUT2D eigenvalue weighted by molar-refractivity contribution is 0.576. The predicted octanol–water partition coefficient (Wildman–Crippen LogP) is 4.18. The van der Waals surface area contributed by atoms with Gasteiger partial charge in [0, 0.05) is 29.9 Å². The van der Waals surface area contributed by atoms with E-state index < -0.39 is 6.04 Å². The zero-order valence-corrected chi connectivity index (χ0v) is 12.5. The molecule has 0 saturated carbocycles. The number of hydrogen-bond acceptors (Lipinski definition) is 2. The van der Waals surface area contributed by atoms with E-state index in [1.54, 1.807) is 37.3 Å². The first-order valence-electron chi connectivity index (χ1n) is 6.94. The molecule has 1 unspecified atom stereocenters. The van der Waals surface area contributed by atoms with Gasteiger partial charge >= 0.3 is 0 Å². The van der Waals surface area contributed by atoms with Crippen LogP contribution in [-0.4, -0.2) is 7.05 Å². The Balaban J connectivity index is 2.43. The number of benzene rings is 2. The van der Waals surface area contributed by atoms with Gasteiger partial charge in [0.05, 0.1) is 6.04 Å². The number of nitrogens with two attached hydrogens (primary N) is 1. The van der Waals surface area contributed by atoms with Gasteiger partial charge in [-0.25, -0.2) is 8.78 Å². The van der Waals surface area contributed by atoms with Crippen molar-refractivity contribution in [2.24, 2.45) is 5.73 Å². The molecular formula is C17H20F2N2. The van der Waals surface area contributed by atoms with Crippen LogP contribution in [0.15, 0.2) is 42.5 Å². The number of hydrogen-bond donors (Lipinski definition) is 1. The van der Waals surface area contributed by atoms with Crippen molar-refractivity contribution in [3.63, 3.8) is 0 Å². The first kappa shape index (κ1) is 15.4. The molecule has 0 heterocycles. The molecular weight excluding hydrogens is 270 g/mol. The molecule has 0 radical (unpaired) electrons. The Bertz CT molecular complexity index is 626. The zero-order chi connectivity index (χ0) is 15.6. The van der Waals surface area contributed by atoms with Crippen molar-refractivity contribution in [3.8, 4) is 0 Å². The van der Waals surface area contributed by atoms with E-state index in [1.807, 2.05) is 18.9 Å². The van der Waals surface area contributed by atoms with Crippen LogP contribution < -0.4 is 10.6 Å². The van der Waals surface area contributed by atoms with Crippen LogP contribution in [0.4, 0.5) is 14.5 Å². The molecule has 0 saturated heterocycles. The molecule has 0 spiro atoms. The summed E-state index contributed by atoms with van der Waals surface area (Å²) in [5.41, 5.74) is 7.58. The highest BCUT2D eigenvalue weighted by molar-refractivity contribution is 5.56. The Hall–Kier alpha value is -1.94. The maximum Gasteiger partial charge on any atom is 0.130 e.